The van der Waals surface area contributed by atoms with E-state index in [2.05, 4.69) is 20.9 Å². The van der Waals surface area contributed by atoms with Gasteiger partial charge in [-0.2, -0.15) is 0 Å². The van der Waals surface area contributed by atoms with Gasteiger partial charge < -0.3 is 0 Å². The van der Waals surface area contributed by atoms with Crippen molar-refractivity contribution in [1.82, 2.24) is 0 Å². The zero-order valence-electron chi connectivity index (χ0n) is 15.3. The number of amides is 1. The predicted octanol–water partition coefficient (Wildman–Crippen LogP) is 5.33. The van der Waals surface area contributed by atoms with E-state index in [0.29, 0.717) is 22.6 Å². The van der Waals surface area contributed by atoms with E-state index in [1.54, 1.807) is 42.5 Å². The number of nitro benzene ring substituents is 1. The largest absolute Gasteiger partial charge is 0.282 e. The fraction of sp³-hybridized carbons (Fsp3) is 0. The molecule has 1 heterocycles. The number of anilines is 1. The predicted molar refractivity (Wildman–Crippen MR) is 116 cm³/mol. The molecule has 0 radical (unpaired) electrons. The van der Waals surface area contributed by atoms with Crippen LogP contribution in [-0.4, -0.2) is 16.7 Å². The molecule has 4 rings (SSSR count). The second-order valence-corrected chi connectivity index (χ2v) is 7.35. The number of carbonyl (C=O) groups is 1. The van der Waals surface area contributed by atoms with Crippen LogP contribution in [0.5, 0.6) is 0 Å². The lowest BCUT2D eigenvalue weighted by molar-refractivity contribution is -0.384. The van der Waals surface area contributed by atoms with Gasteiger partial charge in [0, 0.05) is 22.2 Å². The number of benzene rings is 3. The Morgan fingerprint density at radius 2 is 1.60 bits per heavy atom. The Morgan fingerprint density at radius 1 is 0.967 bits per heavy atom. The highest BCUT2D eigenvalue weighted by Gasteiger charge is 2.32. The smallest absolute Gasteiger partial charge is 0.266 e. The molecular formula is C22H13BrFN3O3. The number of hydrogen-bond acceptors (Lipinski definition) is 4. The Morgan fingerprint density at radius 3 is 2.20 bits per heavy atom. The van der Waals surface area contributed by atoms with E-state index in [-0.39, 0.29) is 23.1 Å². The van der Waals surface area contributed by atoms with Crippen LogP contribution >= 0.6 is 15.9 Å². The summed E-state index contributed by atoms with van der Waals surface area (Å²) >= 11 is 3.37. The first-order chi connectivity index (χ1) is 14.4. The highest BCUT2D eigenvalue weighted by Crippen LogP contribution is 2.29. The number of nitro groups is 1. The van der Waals surface area contributed by atoms with Crippen molar-refractivity contribution in [3.8, 4) is 0 Å². The summed E-state index contributed by atoms with van der Waals surface area (Å²) in [4.78, 5) is 29.5. The summed E-state index contributed by atoms with van der Waals surface area (Å²) in [6.45, 7) is 0. The first kappa shape index (κ1) is 19.7. The topological polar surface area (TPSA) is 75.8 Å². The minimum atomic E-state index is -0.488. The summed E-state index contributed by atoms with van der Waals surface area (Å²) in [5.74, 6) is -0.369. The molecule has 0 aliphatic carbocycles. The first-order valence-electron chi connectivity index (χ1n) is 8.83. The van der Waals surface area contributed by atoms with Gasteiger partial charge in [-0.1, -0.05) is 15.9 Å². The quantitative estimate of drug-likeness (QED) is 0.296. The molecule has 1 aliphatic heterocycles. The molecule has 1 aliphatic rings. The van der Waals surface area contributed by atoms with E-state index in [0.717, 1.165) is 4.47 Å². The second kappa shape index (κ2) is 8.00. The Labute approximate surface area is 179 Å². The van der Waals surface area contributed by atoms with E-state index in [1.165, 1.54) is 29.2 Å². The normalized spacial score (nSPS) is 14.9. The molecule has 30 heavy (non-hydrogen) atoms. The molecule has 1 amide bonds. The standard InChI is InChI=1S/C22H13BrFN3O3/c23-16-5-11-18(12-6-16)26-21(15-3-7-17(24)8-4-15)25-20(22(26)28)13-14-1-9-19(10-2-14)27(29)30/h1-13H/b20-13+. The van der Waals surface area contributed by atoms with Crippen LogP contribution in [-0.2, 0) is 4.79 Å². The Kier molecular flexibility index (Phi) is 5.24. The maximum absolute atomic E-state index is 13.4. The van der Waals surface area contributed by atoms with Crippen molar-refractivity contribution in [3.63, 3.8) is 0 Å². The molecule has 6 nitrogen and oxygen atoms in total. The lowest BCUT2D eigenvalue weighted by atomic mass is 10.1. The monoisotopic (exact) mass is 465 g/mol. The van der Waals surface area contributed by atoms with E-state index in [4.69, 9.17) is 0 Å². The van der Waals surface area contributed by atoms with Crippen molar-refractivity contribution in [2.75, 3.05) is 4.90 Å². The molecule has 8 heteroatoms. The minimum Gasteiger partial charge on any atom is -0.266 e. The third kappa shape index (κ3) is 3.90. The SMILES string of the molecule is O=C1/C(=C\c2ccc([N+](=O)[O-])cc2)N=C(c2ccc(F)cc2)N1c1ccc(Br)cc1. The lowest BCUT2D eigenvalue weighted by Gasteiger charge is -2.18. The molecule has 0 atom stereocenters. The van der Waals surface area contributed by atoms with Gasteiger partial charge in [0.2, 0.25) is 0 Å². The number of rotatable bonds is 4. The zero-order chi connectivity index (χ0) is 21.3. The van der Waals surface area contributed by atoms with Gasteiger partial charge in [-0.15, -0.1) is 0 Å². The number of carbonyl (C=O) groups excluding carboxylic acids is 1. The van der Waals surface area contributed by atoms with Crippen LogP contribution in [0, 0.1) is 15.9 Å². The average molecular weight is 466 g/mol. The number of hydrogen-bond donors (Lipinski definition) is 0. The average Bonchev–Trinajstić information content (AvgIpc) is 3.06. The van der Waals surface area contributed by atoms with Gasteiger partial charge in [-0.25, -0.2) is 9.38 Å². The van der Waals surface area contributed by atoms with Gasteiger partial charge in [-0.05, 0) is 72.3 Å². The Bertz CT molecular complexity index is 1190. The van der Waals surface area contributed by atoms with E-state index < -0.39 is 4.92 Å². The van der Waals surface area contributed by atoms with Crippen molar-refractivity contribution < 1.29 is 14.1 Å². The fourth-order valence-electron chi connectivity index (χ4n) is 2.99. The van der Waals surface area contributed by atoms with Gasteiger partial charge >= 0.3 is 0 Å². The van der Waals surface area contributed by atoms with Crippen LogP contribution in [0.15, 0.2) is 88.0 Å². The zero-order valence-corrected chi connectivity index (χ0v) is 16.9. The molecular weight excluding hydrogens is 453 g/mol. The van der Waals surface area contributed by atoms with Crippen molar-refractivity contribution in [3.05, 3.63) is 110 Å². The molecule has 0 spiro atoms. The van der Waals surface area contributed by atoms with Crippen LogP contribution in [0.4, 0.5) is 15.8 Å². The molecule has 0 N–H and O–H groups in total. The molecule has 0 bridgehead atoms. The number of non-ortho nitro benzene ring substituents is 1. The second-order valence-electron chi connectivity index (χ2n) is 6.44. The Balaban J connectivity index is 1.78. The highest BCUT2D eigenvalue weighted by atomic mass is 79.9. The van der Waals surface area contributed by atoms with Gasteiger partial charge in [0.05, 0.1) is 10.6 Å². The van der Waals surface area contributed by atoms with Crippen LogP contribution in [0.1, 0.15) is 11.1 Å². The maximum Gasteiger partial charge on any atom is 0.282 e. The summed E-state index contributed by atoms with van der Waals surface area (Å²) in [6, 6.07) is 18.7. The fourth-order valence-corrected chi connectivity index (χ4v) is 3.25. The van der Waals surface area contributed by atoms with Gasteiger partial charge in [-0.3, -0.25) is 19.8 Å². The minimum absolute atomic E-state index is 0.0399. The summed E-state index contributed by atoms with van der Waals surface area (Å²) in [7, 11) is 0. The summed E-state index contributed by atoms with van der Waals surface area (Å²) < 4.78 is 14.2. The maximum atomic E-state index is 13.4. The van der Waals surface area contributed by atoms with Crippen molar-refractivity contribution >= 4 is 45.1 Å². The number of halogens is 2. The summed E-state index contributed by atoms with van der Waals surface area (Å²) in [5.41, 5.74) is 1.93. The molecule has 0 saturated carbocycles. The summed E-state index contributed by atoms with van der Waals surface area (Å²) in [5, 5.41) is 10.8. The van der Waals surface area contributed by atoms with Crippen LogP contribution < -0.4 is 4.90 Å². The van der Waals surface area contributed by atoms with Gasteiger partial charge in [0.25, 0.3) is 11.6 Å². The molecule has 0 saturated heterocycles. The van der Waals surface area contributed by atoms with Crippen LogP contribution in [0.2, 0.25) is 0 Å². The molecule has 0 unspecified atom stereocenters. The number of amidine groups is 1. The van der Waals surface area contributed by atoms with Gasteiger partial charge in [0.15, 0.2) is 0 Å². The third-order valence-electron chi connectivity index (χ3n) is 4.45. The number of aliphatic imine (C=N–C) groups is 1. The van der Waals surface area contributed by atoms with Crippen molar-refractivity contribution in [2.24, 2.45) is 4.99 Å². The van der Waals surface area contributed by atoms with E-state index >= 15 is 0 Å². The molecule has 0 fully saturated rings. The van der Waals surface area contributed by atoms with Gasteiger partial charge in [0.1, 0.15) is 17.3 Å². The van der Waals surface area contributed by atoms with E-state index in [1.807, 2.05) is 12.1 Å². The molecule has 148 valence electrons. The van der Waals surface area contributed by atoms with Crippen molar-refractivity contribution in [1.29, 1.82) is 0 Å². The summed E-state index contributed by atoms with van der Waals surface area (Å²) in [6.07, 6.45) is 1.56. The first-order valence-corrected chi connectivity index (χ1v) is 9.62. The molecule has 0 aromatic heterocycles. The molecule has 3 aromatic rings. The molecule has 3 aromatic carbocycles. The lowest BCUT2D eigenvalue weighted by Crippen LogP contribution is -2.32. The Hall–Kier alpha value is -3.65. The van der Waals surface area contributed by atoms with Crippen molar-refractivity contribution in [2.45, 2.75) is 0 Å². The van der Waals surface area contributed by atoms with E-state index in [9.17, 15) is 19.3 Å². The third-order valence-corrected chi connectivity index (χ3v) is 4.98. The number of nitrogens with zero attached hydrogens (tertiary/aromatic N) is 3. The highest BCUT2D eigenvalue weighted by molar-refractivity contribution is 9.10. The van der Waals surface area contributed by atoms with Crippen LogP contribution in [0.25, 0.3) is 6.08 Å². The van der Waals surface area contributed by atoms with Crippen LogP contribution in [0.3, 0.4) is 0 Å².